The number of likely N-dealkylation sites (N-methyl/N-ethyl adjacent to an activating group) is 1. The first kappa shape index (κ1) is 23.7. The number of carbonyl (C=O) groups excluding carboxylic acids is 3. The molecular formula is C22H34N4O4. The monoisotopic (exact) mass is 418 g/mol. The van der Waals surface area contributed by atoms with E-state index >= 15 is 0 Å². The number of para-hydroxylation sites is 1. The number of amides is 3. The van der Waals surface area contributed by atoms with Crippen LogP contribution >= 0.6 is 0 Å². The number of nitrogens with one attached hydrogen (secondary N) is 3. The lowest BCUT2D eigenvalue weighted by atomic mass is 10.1. The second-order valence-corrected chi connectivity index (χ2v) is 7.53. The van der Waals surface area contributed by atoms with Gasteiger partial charge in [-0.15, -0.1) is 0 Å². The van der Waals surface area contributed by atoms with E-state index in [1.54, 1.807) is 7.05 Å². The Morgan fingerprint density at radius 2 is 1.90 bits per heavy atom. The summed E-state index contributed by atoms with van der Waals surface area (Å²) < 4.78 is 5.95. The maximum absolute atomic E-state index is 12.8. The maximum atomic E-state index is 12.8. The van der Waals surface area contributed by atoms with Gasteiger partial charge in [-0.05, 0) is 30.9 Å². The number of nitrogens with zero attached hydrogens (tertiary/aromatic N) is 1. The molecule has 0 radical (unpaired) electrons. The van der Waals surface area contributed by atoms with Crippen LogP contribution < -0.4 is 20.7 Å². The number of hydrogen-bond donors (Lipinski definition) is 3. The summed E-state index contributed by atoms with van der Waals surface area (Å²) >= 11 is 0. The molecule has 1 aromatic carbocycles. The van der Waals surface area contributed by atoms with E-state index in [9.17, 15) is 14.4 Å². The average molecular weight is 419 g/mol. The van der Waals surface area contributed by atoms with Crippen LogP contribution in [0.1, 0.15) is 38.2 Å². The SMILES string of the molecule is CCCC[C@@H]1NCCOc2ccccc2CCCNC(=O)CNC(=O)CN(C)C1=O. The lowest BCUT2D eigenvalue weighted by Crippen LogP contribution is -2.49. The van der Waals surface area contributed by atoms with Gasteiger partial charge >= 0.3 is 0 Å². The van der Waals surface area contributed by atoms with Gasteiger partial charge in [0, 0.05) is 20.1 Å². The first-order valence-corrected chi connectivity index (χ1v) is 10.7. The minimum Gasteiger partial charge on any atom is -0.492 e. The fourth-order valence-electron chi connectivity index (χ4n) is 3.33. The van der Waals surface area contributed by atoms with Crippen molar-refractivity contribution >= 4 is 17.7 Å². The molecule has 3 N–H and O–H groups in total. The minimum absolute atomic E-state index is 0.0830. The highest BCUT2D eigenvalue weighted by atomic mass is 16.5. The van der Waals surface area contributed by atoms with E-state index < -0.39 is 0 Å². The number of benzene rings is 1. The van der Waals surface area contributed by atoms with Gasteiger partial charge < -0.3 is 25.6 Å². The van der Waals surface area contributed by atoms with E-state index in [-0.39, 0.29) is 36.9 Å². The fourth-order valence-corrected chi connectivity index (χ4v) is 3.33. The van der Waals surface area contributed by atoms with Gasteiger partial charge in [-0.3, -0.25) is 14.4 Å². The van der Waals surface area contributed by atoms with Gasteiger partial charge in [-0.2, -0.15) is 0 Å². The smallest absolute Gasteiger partial charge is 0.240 e. The molecule has 30 heavy (non-hydrogen) atoms. The van der Waals surface area contributed by atoms with Crippen molar-refractivity contribution in [3.8, 4) is 5.75 Å². The number of rotatable bonds is 3. The number of aryl methyl sites for hydroxylation is 1. The van der Waals surface area contributed by atoms with Crippen LogP contribution in [0, 0.1) is 0 Å². The highest BCUT2D eigenvalue weighted by Gasteiger charge is 2.23. The Morgan fingerprint density at radius 1 is 1.10 bits per heavy atom. The number of carbonyl (C=O) groups is 3. The average Bonchev–Trinajstić information content (AvgIpc) is 2.74. The molecule has 0 aliphatic carbocycles. The van der Waals surface area contributed by atoms with E-state index in [0.717, 1.165) is 37.0 Å². The van der Waals surface area contributed by atoms with Crippen LogP contribution in [0.5, 0.6) is 5.75 Å². The Bertz CT molecular complexity index is 710. The van der Waals surface area contributed by atoms with Crippen molar-refractivity contribution in [1.29, 1.82) is 0 Å². The molecular weight excluding hydrogens is 384 g/mol. The van der Waals surface area contributed by atoms with Gasteiger partial charge in [0.2, 0.25) is 17.7 Å². The van der Waals surface area contributed by atoms with Crippen molar-refractivity contribution in [1.82, 2.24) is 20.9 Å². The predicted molar refractivity (Wildman–Crippen MR) is 115 cm³/mol. The molecule has 3 amide bonds. The van der Waals surface area contributed by atoms with Gasteiger partial charge in [-0.25, -0.2) is 0 Å². The van der Waals surface area contributed by atoms with E-state index in [4.69, 9.17) is 4.74 Å². The Labute approximate surface area is 178 Å². The molecule has 0 bridgehead atoms. The van der Waals surface area contributed by atoms with Crippen LogP contribution in [-0.2, 0) is 20.8 Å². The van der Waals surface area contributed by atoms with Crippen LogP contribution in [-0.4, -0.2) is 68.5 Å². The summed E-state index contributed by atoms with van der Waals surface area (Å²) in [6, 6.07) is 7.49. The molecule has 0 fully saturated rings. The molecule has 0 unspecified atom stereocenters. The molecule has 1 heterocycles. The molecule has 8 nitrogen and oxygen atoms in total. The van der Waals surface area contributed by atoms with Crippen LogP contribution in [0.25, 0.3) is 0 Å². The lowest BCUT2D eigenvalue weighted by Gasteiger charge is -2.24. The summed E-state index contributed by atoms with van der Waals surface area (Å²) in [4.78, 5) is 38.3. The predicted octanol–water partition coefficient (Wildman–Crippen LogP) is 0.851. The fraction of sp³-hybridized carbons (Fsp3) is 0.591. The quantitative estimate of drug-likeness (QED) is 0.676. The molecule has 166 valence electrons. The van der Waals surface area contributed by atoms with Crippen LogP contribution in [0.15, 0.2) is 24.3 Å². The molecule has 0 saturated heterocycles. The minimum atomic E-state index is -0.372. The van der Waals surface area contributed by atoms with Crippen molar-refractivity contribution in [3.63, 3.8) is 0 Å². The van der Waals surface area contributed by atoms with Crippen molar-refractivity contribution in [2.75, 3.05) is 39.8 Å². The second-order valence-electron chi connectivity index (χ2n) is 7.53. The standard InChI is InChI=1S/C22H34N4O4/c1-3-4-10-18-22(29)26(2)16-21(28)25-15-20(27)24-12-7-9-17-8-5-6-11-19(17)30-14-13-23-18/h5-6,8,11,18,23H,3-4,7,9-10,12-16H2,1-2H3,(H,24,27)(H,25,28)/t18-/m0/s1. The van der Waals surface area contributed by atoms with E-state index in [1.807, 2.05) is 24.3 Å². The zero-order valence-corrected chi connectivity index (χ0v) is 18.0. The van der Waals surface area contributed by atoms with Crippen LogP contribution in [0.2, 0.25) is 0 Å². The molecule has 1 aliphatic heterocycles. The van der Waals surface area contributed by atoms with Gasteiger partial charge in [0.1, 0.15) is 12.4 Å². The molecule has 2 rings (SSSR count). The zero-order chi connectivity index (χ0) is 21.8. The molecule has 0 saturated carbocycles. The largest absolute Gasteiger partial charge is 0.492 e. The normalized spacial score (nSPS) is 20.3. The maximum Gasteiger partial charge on any atom is 0.240 e. The Balaban J connectivity index is 2.08. The second kappa shape index (κ2) is 12.8. The van der Waals surface area contributed by atoms with Gasteiger partial charge in [0.25, 0.3) is 0 Å². The van der Waals surface area contributed by atoms with Crippen molar-refractivity contribution in [2.24, 2.45) is 0 Å². The van der Waals surface area contributed by atoms with Crippen molar-refractivity contribution < 1.29 is 19.1 Å². The highest BCUT2D eigenvalue weighted by molar-refractivity contribution is 5.89. The third-order valence-corrected chi connectivity index (χ3v) is 5.02. The Morgan fingerprint density at radius 3 is 2.70 bits per heavy atom. The van der Waals surface area contributed by atoms with Crippen LogP contribution in [0.3, 0.4) is 0 Å². The van der Waals surface area contributed by atoms with Crippen LogP contribution in [0.4, 0.5) is 0 Å². The summed E-state index contributed by atoms with van der Waals surface area (Å²) in [6.07, 6.45) is 4.13. The third-order valence-electron chi connectivity index (χ3n) is 5.02. The molecule has 0 aromatic heterocycles. The van der Waals surface area contributed by atoms with Gasteiger partial charge in [0.15, 0.2) is 0 Å². The number of ether oxygens (including phenoxy) is 1. The lowest BCUT2D eigenvalue weighted by molar-refractivity contribution is -0.136. The van der Waals surface area contributed by atoms with E-state index in [2.05, 4.69) is 22.9 Å². The highest BCUT2D eigenvalue weighted by Crippen LogP contribution is 2.19. The molecule has 1 atom stereocenters. The molecule has 1 aromatic rings. The molecule has 1 aliphatic rings. The summed E-state index contributed by atoms with van der Waals surface area (Å²) in [5.41, 5.74) is 1.08. The van der Waals surface area contributed by atoms with Gasteiger partial charge in [0.05, 0.1) is 19.1 Å². The number of unbranched alkanes of at least 4 members (excludes halogenated alkanes) is 1. The summed E-state index contributed by atoms with van der Waals surface area (Å²) in [7, 11) is 1.60. The first-order chi connectivity index (χ1) is 14.5. The molecule has 0 spiro atoms. The zero-order valence-electron chi connectivity index (χ0n) is 18.0. The Kier molecular flexibility index (Phi) is 10.1. The number of fused-ring (bicyclic) bond motifs is 1. The van der Waals surface area contributed by atoms with Crippen molar-refractivity contribution in [2.45, 2.75) is 45.1 Å². The van der Waals surface area contributed by atoms with Gasteiger partial charge in [-0.1, -0.05) is 38.0 Å². The van der Waals surface area contributed by atoms with E-state index in [1.165, 1.54) is 4.90 Å². The van der Waals surface area contributed by atoms with Crippen molar-refractivity contribution in [3.05, 3.63) is 29.8 Å². The summed E-state index contributed by atoms with van der Waals surface area (Å²) in [6.45, 7) is 3.38. The summed E-state index contributed by atoms with van der Waals surface area (Å²) in [5.74, 6) is 0.0937. The molecule has 8 heteroatoms. The summed E-state index contributed by atoms with van der Waals surface area (Å²) in [5, 5.41) is 8.66. The van der Waals surface area contributed by atoms with E-state index in [0.29, 0.717) is 26.1 Å². The Hall–Kier alpha value is -2.61. The first-order valence-electron chi connectivity index (χ1n) is 10.7. The number of hydrogen-bond acceptors (Lipinski definition) is 5. The topological polar surface area (TPSA) is 99.8 Å². The third kappa shape index (κ3) is 8.02.